The van der Waals surface area contributed by atoms with Crippen molar-refractivity contribution >= 4 is 23.6 Å². The van der Waals surface area contributed by atoms with Crippen LogP contribution >= 0.6 is 0 Å². The zero-order valence-electron chi connectivity index (χ0n) is 15.4. The van der Waals surface area contributed by atoms with Gasteiger partial charge in [-0.15, -0.1) is 0 Å². The maximum absolute atomic E-state index is 12.0. The third-order valence-corrected chi connectivity index (χ3v) is 4.21. The van der Waals surface area contributed by atoms with Gasteiger partial charge in [0.25, 0.3) is 0 Å². The van der Waals surface area contributed by atoms with Crippen LogP contribution in [0.2, 0.25) is 0 Å². The first kappa shape index (κ1) is 19.2. The second-order valence-corrected chi connectivity index (χ2v) is 6.38. The largest absolute Gasteiger partial charge is 0.368 e. The number of amides is 3. The highest BCUT2D eigenvalue weighted by atomic mass is 16.2. The van der Waals surface area contributed by atoms with E-state index in [0.29, 0.717) is 30.8 Å². The lowest BCUT2D eigenvalue weighted by atomic mass is 10.2. The molecule has 0 unspecified atom stereocenters. The van der Waals surface area contributed by atoms with E-state index < -0.39 is 0 Å². The highest BCUT2D eigenvalue weighted by molar-refractivity contribution is 5.89. The third-order valence-electron chi connectivity index (χ3n) is 4.21. The van der Waals surface area contributed by atoms with E-state index in [2.05, 4.69) is 32.4 Å². The number of rotatable bonds is 5. The van der Waals surface area contributed by atoms with Gasteiger partial charge < -0.3 is 21.3 Å². The van der Waals surface area contributed by atoms with Crippen LogP contribution in [0.3, 0.4) is 0 Å². The Labute approximate surface area is 163 Å². The summed E-state index contributed by atoms with van der Waals surface area (Å²) < 4.78 is 0. The molecule has 4 N–H and O–H groups in total. The van der Waals surface area contributed by atoms with Crippen molar-refractivity contribution in [2.45, 2.75) is 19.3 Å². The van der Waals surface area contributed by atoms with Gasteiger partial charge in [-0.3, -0.25) is 4.79 Å². The molecule has 28 heavy (non-hydrogen) atoms. The summed E-state index contributed by atoms with van der Waals surface area (Å²) in [5.41, 5.74) is 7.50. The predicted molar refractivity (Wildman–Crippen MR) is 106 cm³/mol. The number of likely N-dealkylation sites (tertiary alicyclic amines) is 1. The van der Waals surface area contributed by atoms with Crippen molar-refractivity contribution in [2.24, 2.45) is 0 Å². The molecule has 0 aliphatic carbocycles. The van der Waals surface area contributed by atoms with Crippen LogP contribution in [0.1, 0.15) is 30.4 Å². The zero-order chi connectivity index (χ0) is 19.8. The topological polar surface area (TPSA) is 113 Å². The van der Waals surface area contributed by atoms with Crippen LogP contribution in [0.15, 0.2) is 36.7 Å². The van der Waals surface area contributed by atoms with Crippen LogP contribution < -0.4 is 16.4 Å². The number of hydrogen-bond acceptors (Lipinski definition) is 5. The second-order valence-electron chi connectivity index (χ2n) is 6.38. The minimum Gasteiger partial charge on any atom is -0.368 e. The van der Waals surface area contributed by atoms with E-state index in [1.165, 1.54) is 0 Å². The fourth-order valence-corrected chi connectivity index (χ4v) is 2.81. The number of anilines is 2. The third kappa shape index (κ3) is 5.71. The molecule has 8 heteroatoms. The van der Waals surface area contributed by atoms with E-state index >= 15 is 0 Å². The smallest absolute Gasteiger partial charge is 0.319 e. The number of aromatic nitrogens is 2. The summed E-state index contributed by atoms with van der Waals surface area (Å²) in [5.74, 6) is 6.36. The van der Waals surface area contributed by atoms with Gasteiger partial charge in [-0.1, -0.05) is 17.9 Å². The van der Waals surface area contributed by atoms with Gasteiger partial charge in [0.2, 0.25) is 11.9 Å². The Kier molecular flexibility index (Phi) is 6.41. The molecule has 0 atom stereocenters. The maximum Gasteiger partial charge on any atom is 0.319 e. The van der Waals surface area contributed by atoms with Crippen molar-refractivity contribution < 1.29 is 9.59 Å². The molecule has 1 aliphatic rings. The molecular weight excluding hydrogens is 356 g/mol. The fraction of sp³-hybridized carbons (Fsp3) is 0.300. The first-order valence-corrected chi connectivity index (χ1v) is 9.12. The van der Waals surface area contributed by atoms with Crippen molar-refractivity contribution in [3.63, 3.8) is 0 Å². The summed E-state index contributed by atoms with van der Waals surface area (Å²) >= 11 is 0. The van der Waals surface area contributed by atoms with Gasteiger partial charge in [0.05, 0.1) is 5.56 Å². The van der Waals surface area contributed by atoms with Crippen molar-refractivity contribution in [1.29, 1.82) is 0 Å². The maximum atomic E-state index is 12.0. The molecule has 2 aromatic rings. The summed E-state index contributed by atoms with van der Waals surface area (Å²) in [6.07, 6.45) is 5.41. The van der Waals surface area contributed by atoms with E-state index in [9.17, 15) is 9.59 Å². The molecule has 144 valence electrons. The molecule has 3 rings (SSSR count). The van der Waals surface area contributed by atoms with E-state index in [1.54, 1.807) is 24.5 Å². The minimum atomic E-state index is -0.287. The van der Waals surface area contributed by atoms with Crippen LogP contribution in [-0.2, 0) is 4.79 Å². The van der Waals surface area contributed by atoms with E-state index in [0.717, 1.165) is 24.9 Å². The van der Waals surface area contributed by atoms with Crippen molar-refractivity contribution in [1.82, 2.24) is 20.2 Å². The van der Waals surface area contributed by atoms with Crippen molar-refractivity contribution in [3.05, 3.63) is 47.8 Å². The molecule has 1 fully saturated rings. The van der Waals surface area contributed by atoms with Crippen LogP contribution in [0, 0.1) is 11.8 Å². The van der Waals surface area contributed by atoms with Gasteiger partial charge in [0.15, 0.2) is 0 Å². The zero-order valence-corrected chi connectivity index (χ0v) is 15.4. The Morgan fingerprint density at radius 2 is 2.00 bits per heavy atom. The molecule has 0 saturated carbocycles. The Hall–Kier alpha value is -3.60. The standard InChI is InChI=1S/C20H22N6O2/c21-19-23-13-16(14-24-19)8-7-15-4-1-5-17(12-15)25-20(28)22-9-3-11-26-10-2-6-18(26)27/h1,4-5,12-14H,2-3,6,9-11H2,(H2,21,23,24)(H2,22,25,28). The minimum absolute atomic E-state index is 0.202. The monoisotopic (exact) mass is 378 g/mol. The molecule has 1 aliphatic heterocycles. The van der Waals surface area contributed by atoms with E-state index in [1.807, 2.05) is 17.0 Å². The molecule has 0 spiro atoms. The Bertz CT molecular complexity index is 901. The predicted octanol–water partition coefficient (Wildman–Crippen LogP) is 1.59. The molecule has 2 heterocycles. The normalized spacial score (nSPS) is 13.0. The average molecular weight is 378 g/mol. The van der Waals surface area contributed by atoms with Gasteiger partial charge in [-0.05, 0) is 31.0 Å². The van der Waals surface area contributed by atoms with Gasteiger partial charge in [0.1, 0.15) is 0 Å². The van der Waals surface area contributed by atoms with Gasteiger partial charge >= 0.3 is 6.03 Å². The SMILES string of the molecule is Nc1ncc(C#Cc2cccc(NC(=O)NCCCN3CCCC3=O)c2)cn1. The molecule has 8 nitrogen and oxygen atoms in total. The van der Waals surface area contributed by atoms with Crippen LogP contribution in [0.5, 0.6) is 0 Å². The number of urea groups is 1. The fourth-order valence-electron chi connectivity index (χ4n) is 2.81. The molecule has 1 aromatic carbocycles. The number of carbonyl (C=O) groups is 2. The molecule has 1 saturated heterocycles. The molecule has 3 amide bonds. The Morgan fingerprint density at radius 1 is 1.21 bits per heavy atom. The summed E-state index contributed by atoms with van der Waals surface area (Å²) in [7, 11) is 0. The lowest BCUT2D eigenvalue weighted by Crippen LogP contribution is -2.33. The first-order valence-electron chi connectivity index (χ1n) is 9.12. The van der Waals surface area contributed by atoms with Gasteiger partial charge in [-0.2, -0.15) is 0 Å². The number of nitrogens with zero attached hydrogens (tertiary/aromatic N) is 3. The molecule has 0 radical (unpaired) electrons. The molecule has 1 aromatic heterocycles. The molecular formula is C20H22N6O2. The number of benzene rings is 1. The van der Waals surface area contributed by atoms with E-state index in [4.69, 9.17) is 5.73 Å². The highest BCUT2D eigenvalue weighted by Crippen LogP contribution is 2.11. The number of carbonyl (C=O) groups excluding carboxylic acids is 2. The lowest BCUT2D eigenvalue weighted by molar-refractivity contribution is -0.127. The van der Waals surface area contributed by atoms with E-state index in [-0.39, 0.29) is 17.9 Å². The van der Waals surface area contributed by atoms with Gasteiger partial charge in [-0.25, -0.2) is 14.8 Å². The van der Waals surface area contributed by atoms with Gasteiger partial charge in [0, 0.05) is 49.7 Å². The highest BCUT2D eigenvalue weighted by Gasteiger charge is 2.18. The number of hydrogen-bond donors (Lipinski definition) is 3. The summed E-state index contributed by atoms with van der Waals surface area (Å²) in [6.45, 7) is 2.01. The summed E-state index contributed by atoms with van der Waals surface area (Å²) in [4.78, 5) is 33.2. The van der Waals surface area contributed by atoms with Crippen LogP contribution in [0.4, 0.5) is 16.4 Å². The number of nitrogens with two attached hydrogens (primary N) is 1. The van der Waals surface area contributed by atoms with Crippen molar-refractivity contribution in [2.75, 3.05) is 30.7 Å². The van der Waals surface area contributed by atoms with Crippen LogP contribution in [-0.4, -0.2) is 46.4 Å². The summed E-state index contributed by atoms with van der Waals surface area (Å²) in [5, 5.41) is 5.59. The second kappa shape index (κ2) is 9.37. The molecule has 0 bridgehead atoms. The Balaban J connectivity index is 1.46. The van der Waals surface area contributed by atoms with Crippen molar-refractivity contribution in [3.8, 4) is 11.8 Å². The van der Waals surface area contributed by atoms with Crippen LogP contribution in [0.25, 0.3) is 0 Å². The number of nitrogen functional groups attached to an aromatic ring is 1. The number of nitrogens with one attached hydrogen (secondary N) is 2. The first-order chi connectivity index (χ1) is 13.6. The Morgan fingerprint density at radius 3 is 2.75 bits per heavy atom. The lowest BCUT2D eigenvalue weighted by Gasteiger charge is -2.15. The summed E-state index contributed by atoms with van der Waals surface area (Å²) in [6, 6.07) is 6.96. The average Bonchev–Trinajstić information content (AvgIpc) is 3.10. The quantitative estimate of drug-likeness (QED) is 0.540.